The average molecular weight is 345 g/mol. The molecule has 0 unspecified atom stereocenters. The normalized spacial score (nSPS) is 26.9. The number of hydrogen-bond donors (Lipinski definition) is 1. The van der Waals surface area contributed by atoms with Crippen LogP contribution >= 0.6 is 0 Å². The van der Waals surface area contributed by atoms with Gasteiger partial charge >= 0.3 is 6.03 Å². The van der Waals surface area contributed by atoms with Crippen LogP contribution in [0.3, 0.4) is 0 Å². The van der Waals surface area contributed by atoms with Gasteiger partial charge in [-0.25, -0.2) is 4.79 Å². The van der Waals surface area contributed by atoms with E-state index >= 15 is 0 Å². The Balaban J connectivity index is 1.54. The largest absolute Gasteiger partial charge is 0.335 e. The highest BCUT2D eigenvalue weighted by molar-refractivity contribution is 5.75. The van der Waals surface area contributed by atoms with E-state index in [1.807, 2.05) is 24.0 Å². The van der Waals surface area contributed by atoms with Gasteiger partial charge in [-0.2, -0.15) is 0 Å². The zero-order valence-electron chi connectivity index (χ0n) is 15.9. The maximum Gasteiger partial charge on any atom is 0.318 e. The maximum absolute atomic E-state index is 12.8. The van der Waals surface area contributed by atoms with Crippen molar-refractivity contribution in [1.29, 1.82) is 0 Å². The zero-order chi connectivity index (χ0) is 17.8. The Morgan fingerprint density at radius 1 is 1.24 bits per heavy atom. The third-order valence-electron chi connectivity index (χ3n) is 5.56. The number of carbonyl (C=O) groups excluding carboxylic acids is 1. The van der Waals surface area contributed by atoms with E-state index in [0.717, 1.165) is 56.1 Å². The minimum atomic E-state index is 0.0989. The number of aryl methyl sites for hydroxylation is 1. The molecule has 0 radical (unpaired) electrons. The highest BCUT2D eigenvalue weighted by atomic mass is 16.2. The number of nitrogens with one attached hydrogen (secondary N) is 1. The summed E-state index contributed by atoms with van der Waals surface area (Å²) in [6.45, 7) is 4.00. The second-order valence-electron chi connectivity index (χ2n) is 7.98. The van der Waals surface area contributed by atoms with Crippen molar-refractivity contribution in [2.75, 3.05) is 27.2 Å². The summed E-state index contributed by atoms with van der Waals surface area (Å²) in [5.74, 6) is 0.777. The minimum absolute atomic E-state index is 0.0989. The summed E-state index contributed by atoms with van der Waals surface area (Å²) in [7, 11) is 4.28. The van der Waals surface area contributed by atoms with E-state index < -0.39 is 0 Å². The van der Waals surface area contributed by atoms with Crippen LogP contribution in [-0.2, 0) is 0 Å². The van der Waals surface area contributed by atoms with Gasteiger partial charge in [0.2, 0.25) is 0 Å². The molecule has 5 nitrogen and oxygen atoms in total. The van der Waals surface area contributed by atoms with Gasteiger partial charge < -0.3 is 15.1 Å². The van der Waals surface area contributed by atoms with Gasteiger partial charge in [-0.15, -0.1) is 0 Å². The third kappa shape index (κ3) is 4.72. The molecule has 0 spiro atoms. The minimum Gasteiger partial charge on any atom is -0.335 e. The van der Waals surface area contributed by atoms with Gasteiger partial charge in [0, 0.05) is 24.8 Å². The predicted octanol–water partition coefficient (Wildman–Crippen LogP) is 3.36. The van der Waals surface area contributed by atoms with Crippen LogP contribution in [0.2, 0.25) is 0 Å². The molecule has 5 heteroatoms. The lowest BCUT2D eigenvalue weighted by atomic mass is 9.86. The Hall–Kier alpha value is -1.62. The molecular formula is C20H32N4O. The van der Waals surface area contributed by atoms with Gasteiger partial charge in [-0.1, -0.05) is 6.07 Å². The van der Waals surface area contributed by atoms with Crippen molar-refractivity contribution in [3.8, 4) is 0 Å². The predicted molar refractivity (Wildman–Crippen MR) is 100 cm³/mol. The highest BCUT2D eigenvalue weighted by Gasteiger charge is 2.32. The van der Waals surface area contributed by atoms with Gasteiger partial charge in [0.05, 0.1) is 11.7 Å². The van der Waals surface area contributed by atoms with Crippen molar-refractivity contribution >= 4 is 6.03 Å². The van der Waals surface area contributed by atoms with Crippen molar-refractivity contribution in [3.05, 3.63) is 29.6 Å². The molecule has 1 saturated heterocycles. The van der Waals surface area contributed by atoms with Crippen molar-refractivity contribution in [1.82, 2.24) is 20.1 Å². The summed E-state index contributed by atoms with van der Waals surface area (Å²) in [6.07, 6.45) is 6.71. The first-order valence-electron chi connectivity index (χ1n) is 9.68. The van der Waals surface area contributed by atoms with E-state index in [0.29, 0.717) is 6.04 Å². The van der Waals surface area contributed by atoms with Crippen LogP contribution in [0.5, 0.6) is 0 Å². The average Bonchev–Trinajstić information content (AvgIpc) is 3.06. The number of aromatic nitrogens is 1. The van der Waals surface area contributed by atoms with E-state index in [9.17, 15) is 4.79 Å². The molecule has 1 saturated carbocycles. The summed E-state index contributed by atoms with van der Waals surface area (Å²) in [4.78, 5) is 21.7. The van der Waals surface area contributed by atoms with E-state index in [4.69, 9.17) is 0 Å². The quantitative estimate of drug-likeness (QED) is 0.911. The van der Waals surface area contributed by atoms with Crippen LogP contribution in [0.25, 0.3) is 0 Å². The van der Waals surface area contributed by atoms with Crippen LogP contribution in [0.4, 0.5) is 4.79 Å². The molecule has 2 amide bonds. The van der Waals surface area contributed by atoms with Gasteiger partial charge in [0.25, 0.3) is 0 Å². The number of carbonyl (C=O) groups is 1. The molecule has 1 aliphatic heterocycles. The second-order valence-corrected chi connectivity index (χ2v) is 7.98. The summed E-state index contributed by atoms with van der Waals surface area (Å²) in [5, 5.41) is 3.29. The number of nitrogens with zero attached hydrogens (tertiary/aromatic N) is 3. The Labute approximate surface area is 151 Å². The zero-order valence-corrected chi connectivity index (χ0v) is 15.9. The standard InChI is InChI=1S/C20H32N4O/c1-15-6-4-7-18(21-15)19-8-5-13-24(19)20(25)22-17-11-9-16(10-12-17)14-23(2)3/h4,6-7,16-17,19H,5,8-14H2,1-3H3,(H,22,25)/t16?,17?,19-/m1/s1. The lowest BCUT2D eigenvalue weighted by Crippen LogP contribution is -2.46. The summed E-state index contributed by atoms with van der Waals surface area (Å²) >= 11 is 0. The first-order valence-corrected chi connectivity index (χ1v) is 9.68. The fraction of sp³-hybridized carbons (Fsp3) is 0.700. The number of pyridine rings is 1. The molecule has 3 rings (SSSR count). The Bertz CT molecular complexity index is 581. The highest BCUT2D eigenvalue weighted by Crippen LogP contribution is 2.31. The third-order valence-corrected chi connectivity index (χ3v) is 5.56. The number of likely N-dealkylation sites (tertiary alicyclic amines) is 1. The molecular weight excluding hydrogens is 312 g/mol. The fourth-order valence-corrected chi connectivity index (χ4v) is 4.33. The van der Waals surface area contributed by atoms with Crippen molar-refractivity contribution < 1.29 is 4.79 Å². The lowest BCUT2D eigenvalue weighted by Gasteiger charge is -2.33. The van der Waals surface area contributed by atoms with Gasteiger partial charge in [-0.05, 0) is 77.6 Å². The molecule has 1 aliphatic carbocycles. The van der Waals surface area contributed by atoms with Crippen LogP contribution in [0.15, 0.2) is 18.2 Å². The molecule has 1 atom stereocenters. The number of hydrogen-bond acceptors (Lipinski definition) is 3. The van der Waals surface area contributed by atoms with Crippen molar-refractivity contribution in [3.63, 3.8) is 0 Å². The molecule has 2 fully saturated rings. The molecule has 2 heterocycles. The van der Waals surface area contributed by atoms with Crippen LogP contribution in [0, 0.1) is 12.8 Å². The molecule has 2 aliphatic rings. The summed E-state index contributed by atoms with van der Waals surface area (Å²) < 4.78 is 0. The number of rotatable bonds is 4. The Morgan fingerprint density at radius 3 is 2.68 bits per heavy atom. The molecule has 25 heavy (non-hydrogen) atoms. The van der Waals surface area contributed by atoms with Crippen LogP contribution < -0.4 is 5.32 Å². The topological polar surface area (TPSA) is 48.5 Å². The van der Waals surface area contributed by atoms with Crippen molar-refractivity contribution in [2.24, 2.45) is 5.92 Å². The molecule has 1 aromatic rings. The summed E-state index contributed by atoms with van der Waals surface area (Å²) in [6, 6.07) is 6.66. The monoisotopic (exact) mass is 344 g/mol. The molecule has 0 aromatic carbocycles. The van der Waals surface area contributed by atoms with E-state index in [-0.39, 0.29) is 12.1 Å². The first kappa shape index (κ1) is 18.2. The second kappa shape index (κ2) is 8.17. The molecule has 138 valence electrons. The van der Waals surface area contributed by atoms with Crippen LogP contribution in [-0.4, -0.2) is 54.0 Å². The Kier molecular flexibility index (Phi) is 5.94. The number of urea groups is 1. The number of amides is 2. The van der Waals surface area contributed by atoms with Gasteiger partial charge in [0.15, 0.2) is 0 Å². The van der Waals surface area contributed by atoms with Gasteiger partial charge in [0.1, 0.15) is 0 Å². The maximum atomic E-state index is 12.8. The van der Waals surface area contributed by atoms with E-state index in [1.165, 1.54) is 12.8 Å². The van der Waals surface area contributed by atoms with Crippen LogP contribution in [0.1, 0.15) is 56.0 Å². The SMILES string of the molecule is Cc1cccc([C@H]2CCCN2C(=O)NC2CCC(CN(C)C)CC2)n1. The first-order chi connectivity index (χ1) is 12.0. The van der Waals surface area contributed by atoms with Crippen molar-refractivity contribution in [2.45, 2.75) is 57.5 Å². The Morgan fingerprint density at radius 2 is 2.00 bits per heavy atom. The van der Waals surface area contributed by atoms with E-state index in [2.05, 4.69) is 35.4 Å². The molecule has 1 aromatic heterocycles. The molecule has 1 N–H and O–H groups in total. The molecule has 0 bridgehead atoms. The smallest absolute Gasteiger partial charge is 0.318 e. The van der Waals surface area contributed by atoms with Gasteiger partial charge in [-0.3, -0.25) is 4.98 Å². The fourth-order valence-electron chi connectivity index (χ4n) is 4.33. The van der Waals surface area contributed by atoms with E-state index in [1.54, 1.807) is 0 Å². The lowest BCUT2D eigenvalue weighted by molar-refractivity contribution is 0.177. The summed E-state index contributed by atoms with van der Waals surface area (Å²) in [5.41, 5.74) is 2.05.